The number of hydrogen-bond acceptors (Lipinski definition) is 2. The Hall–Kier alpha value is -1.69. The van der Waals surface area contributed by atoms with Crippen molar-refractivity contribution in [3.05, 3.63) is 24.3 Å². The second-order valence-corrected chi connectivity index (χ2v) is 5.68. The highest BCUT2D eigenvalue weighted by Crippen LogP contribution is 2.35. The Labute approximate surface area is 114 Å². The summed E-state index contributed by atoms with van der Waals surface area (Å²) in [6, 6.07) is 10.6. The van der Waals surface area contributed by atoms with Gasteiger partial charge in [-0.1, -0.05) is 32.3 Å². The Kier molecular flexibility index (Phi) is 3.10. The van der Waals surface area contributed by atoms with Crippen molar-refractivity contribution >= 4 is 11.0 Å². The third-order valence-electron chi connectivity index (χ3n) is 3.88. The zero-order valence-electron chi connectivity index (χ0n) is 11.7. The zero-order valence-corrected chi connectivity index (χ0v) is 11.7. The van der Waals surface area contributed by atoms with Crippen LogP contribution in [0.1, 0.15) is 46.0 Å². The minimum atomic E-state index is -0.0934. The van der Waals surface area contributed by atoms with Crippen LogP contribution in [0.2, 0.25) is 0 Å². The number of imidazole rings is 1. The Bertz CT molecular complexity index is 575. The van der Waals surface area contributed by atoms with Gasteiger partial charge in [0.25, 0.3) is 6.01 Å². The smallest absolute Gasteiger partial charge is 0.298 e. The summed E-state index contributed by atoms with van der Waals surface area (Å²) in [5.74, 6) is 0. The van der Waals surface area contributed by atoms with Crippen molar-refractivity contribution in [2.75, 3.05) is 0 Å². The van der Waals surface area contributed by atoms with Crippen molar-refractivity contribution in [1.82, 2.24) is 9.55 Å². The zero-order chi connectivity index (χ0) is 13.3. The van der Waals surface area contributed by atoms with E-state index in [0.717, 1.165) is 30.0 Å². The lowest BCUT2D eigenvalue weighted by Crippen LogP contribution is -2.31. The lowest BCUT2D eigenvalue weighted by Gasteiger charge is -2.22. The number of fused-ring (bicyclic) bond motifs is 3. The molecule has 1 aromatic heterocycles. The van der Waals surface area contributed by atoms with Crippen molar-refractivity contribution in [1.29, 1.82) is 0 Å². The van der Waals surface area contributed by atoms with Gasteiger partial charge in [-0.25, -0.2) is 0 Å². The molecule has 0 amide bonds. The fourth-order valence-corrected chi connectivity index (χ4v) is 2.81. The molecule has 3 heteroatoms. The number of hydrogen-bond donors (Lipinski definition) is 0. The lowest BCUT2D eigenvalue weighted by molar-refractivity contribution is 0.0958. The summed E-state index contributed by atoms with van der Waals surface area (Å²) in [6.45, 7) is 5.32. The van der Waals surface area contributed by atoms with Gasteiger partial charge in [-0.3, -0.25) is 4.57 Å². The molecule has 1 aromatic carbocycles. The molecule has 0 aliphatic carbocycles. The molecule has 0 spiro atoms. The van der Waals surface area contributed by atoms with Crippen molar-refractivity contribution in [2.45, 2.75) is 58.1 Å². The van der Waals surface area contributed by atoms with Crippen LogP contribution >= 0.6 is 0 Å². The molecule has 1 aliphatic rings. The van der Waals surface area contributed by atoms with E-state index in [1.807, 2.05) is 12.1 Å². The van der Waals surface area contributed by atoms with E-state index in [0.29, 0.717) is 0 Å². The minimum Gasteiger partial charge on any atom is -0.456 e. The summed E-state index contributed by atoms with van der Waals surface area (Å²) in [7, 11) is 0. The van der Waals surface area contributed by atoms with E-state index in [1.165, 1.54) is 25.7 Å². The lowest BCUT2D eigenvalue weighted by atomic mass is 9.98. The third-order valence-corrected chi connectivity index (χ3v) is 3.88. The summed E-state index contributed by atoms with van der Waals surface area (Å²) >= 11 is 0. The quantitative estimate of drug-likeness (QED) is 0.762. The number of rotatable bonds is 5. The van der Waals surface area contributed by atoms with Gasteiger partial charge in [-0.15, -0.1) is 0 Å². The topological polar surface area (TPSA) is 27.1 Å². The van der Waals surface area contributed by atoms with Gasteiger partial charge in [0.1, 0.15) is 11.1 Å². The van der Waals surface area contributed by atoms with E-state index in [1.54, 1.807) is 0 Å². The van der Waals surface area contributed by atoms with Gasteiger partial charge >= 0.3 is 0 Å². The van der Waals surface area contributed by atoms with Gasteiger partial charge in [0, 0.05) is 0 Å². The van der Waals surface area contributed by atoms with E-state index >= 15 is 0 Å². The van der Waals surface area contributed by atoms with Gasteiger partial charge in [0.2, 0.25) is 0 Å². The normalized spacial score (nSPS) is 21.2. The molecule has 0 saturated heterocycles. The first kappa shape index (κ1) is 12.3. The van der Waals surface area contributed by atoms with Crippen LogP contribution in [-0.2, 0) is 6.54 Å². The molecule has 2 aromatic rings. The number of ether oxygens (including phenoxy) is 1. The molecule has 100 valence electrons. The van der Waals surface area contributed by atoms with Crippen molar-refractivity contribution in [2.24, 2.45) is 0 Å². The molecule has 0 fully saturated rings. The summed E-state index contributed by atoms with van der Waals surface area (Å²) in [4.78, 5) is 4.49. The number of aromatic nitrogens is 2. The van der Waals surface area contributed by atoms with E-state index in [9.17, 15) is 0 Å². The number of unbranched alkanes of at least 4 members (excludes halogenated alkanes) is 3. The average molecular weight is 256 g/mol. The summed E-state index contributed by atoms with van der Waals surface area (Å²) in [6.07, 6.45) is 6.21. The standard InChI is InChI=1S/C16H20N2O/c1-3-4-5-8-11-16(2)12-18-14-10-7-6-9-13(14)17-15(18)19-16/h7,10H,3-5,8,11-12H2,1-2H3. The van der Waals surface area contributed by atoms with Crippen molar-refractivity contribution < 1.29 is 4.74 Å². The van der Waals surface area contributed by atoms with E-state index in [2.05, 4.69) is 35.5 Å². The van der Waals surface area contributed by atoms with Crippen LogP contribution in [0.5, 0.6) is 6.01 Å². The highest BCUT2D eigenvalue weighted by Gasteiger charge is 2.36. The Balaban J connectivity index is 1.73. The fourth-order valence-electron chi connectivity index (χ4n) is 2.81. The Morgan fingerprint density at radius 1 is 1.42 bits per heavy atom. The predicted molar refractivity (Wildman–Crippen MR) is 75.2 cm³/mol. The fraction of sp³-hybridized carbons (Fsp3) is 0.562. The SMILES string of the molecule is CCCCCCC1(C)Cn2c(nc3c#cccc32)O1. The molecule has 0 N–H and O–H groups in total. The molecule has 3 rings (SSSR count). The van der Waals surface area contributed by atoms with Crippen LogP contribution in [0.3, 0.4) is 0 Å². The van der Waals surface area contributed by atoms with Gasteiger partial charge in [0.05, 0.1) is 12.1 Å². The first-order chi connectivity index (χ1) is 9.22. The predicted octanol–water partition coefficient (Wildman–Crippen LogP) is 3.76. The molecular weight excluding hydrogens is 236 g/mol. The van der Waals surface area contributed by atoms with Crippen molar-refractivity contribution in [3.8, 4) is 6.01 Å². The molecular formula is C16H20N2O. The maximum atomic E-state index is 6.08. The Morgan fingerprint density at radius 2 is 2.32 bits per heavy atom. The highest BCUT2D eigenvalue weighted by molar-refractivity contribution is 5.75. The first-order valence-corrected chi connectivity index (χ1v) is 7.19. The second-order valence-electron chi connectivity index (χ2n) is 5.68. The average Bonchev–Trinajstić information content (AvgIpc) is 2.88. The molecule has 3 nitrogen and oxygen atoms in total. The summed E-state index contributed by atoms with van der Waals surface area (Å²) in [5, 5.41) is 0. The molecule has 0 saturated carbocycles. The van der Waals surface area contributed by atoms with Crippen LogP contribution in [0.25, 0.3) is 11.0 Å². The highest BCUT2D eigenvalue weighted by atomic mass is 16.5. The maximum absolute atomic E-state index is 6.08. The maximum Gasteiger partial charge on any atom is 0.298 e. The van der Waals surface area contributed by atoms with Gasteiger partial charge in [-0.2, -0.15) is 4.98 Å². The molecule has 0 radical (unpaired) electrons. The minimum absolute atomic E-state index is 0.0934. The molecule has 1 atom stereocenters. The monoisotopic (exact) mass is 256 g/mol. The van der Waals surface area contributed by atoms with Gasteiger partial charge in [-0.05, 0) is 38.0 Å². The number of nitrogens with zero attached hydrogens (tertiary/aromatic N) is 2. The molecule has 19 heavy (non-hydrogen) atoms. The first-order valence-electron chi connectivity index (χ1n) is 7.19. The van der Waals surface area contributed by atoms with Gasteiger partial charge in [0.15, 0.2) is 0 Å². The van der Waals surface area contributed by atoms with Crippen LogP contribution in [0, 0.1) is 12.1 Å². The molecule has 0 bridgehead atoms. The van der Waals surface area contributed by atoms with E-state index < -0.39 is 0 Å². The summed E-state index contributed by atoms with van der Waals surface area (Å²) in [5.41, 5.74) is 1.86. The molecule has 1 unspecified atom stereocenters. The second kappa shape index (κ2) is 4.77. The van der Waals surface area contributed by atoms with E-state index in [-0.39, 0.29) is 5.60 Å². The van der Waals surface area contributed by atoms with Crippen LogP contribution in [-0.4, -0.2) is 15.2 Å². The van der Waals surface area contributed by atoms with Crippen LogP contribution in [0.15, 0.2) is 12.1 Å². The third kappa shape index (κ3) is 2.28. The molecule has 1 aliphatic heterocycles. The summed E-state index contributed by atoms with van der Waals surface area (Å²) < 4.78 is 8.24. The van der Waals surface area contributed by atoms with Crippen LogP contribution < -0.4 is 4.74 Å². The Morgan fingerprint density at radius 3 is 3.16 bits per heavy atom. The van der Waals surface area contributed by atoms with Crippen LogP contribution in [0.4, 0.5) is 0 Å². The molecule has 2 heterocycles. The van der Waals surface area contributed by atoms with E-state index in [4.69, 9.17) is 4.74 Å². The van der Waals surface area contributed by atoms with Crippen molar-refractivity contribution in [3.63, 3.8) is 0 Å². The largest absolute Gasteiger partial charge is 0.456 e. The van der Waals surface area contributed by atoms with Gasteiger partial charge < -0.3 is 4.74 Å².